The second-order valence-corrected chi connectivity index (χ2v) is 4.70. The molecule has 7 heteroatoms. The van der Waals surface area contributed by atoms with E-state index in [2.05, 4.69) is 5.32 Å². The SMILES string of the molecule is O=C(COc1cc(Cl)ccc1C(=O)O)Nc1ccccc1F. The number of carboxylic acid groups (broad SMARTS) is 1. The minimum absolute atomic E-state index is 0.0145. The predicted octanol–water partition coefficient (Wildman–Crippen LogP) is 3.19. The fraction of sp³-hybridized carbons (Fsp3) is 0.0667. The Bertz CT molecular complexity index is 720. The van der Waals surface area contributed by atoms with Crippen molar-refractivity contribution >= 4 is 29.2 Å². The summed E-state index contributed by atoms with van der Waals surface area (Å²) >= 11 is 5.76. The van der Waals surface area contributed by atoms with Crippen LogP contribution in [0.2, 0.25) is 5.02 Å². The summed E-state index contributed by atoms with van der Waals surface area (Å²) in [7, 11) is 0. The van der Waals surface area contributed by atoms with E-state index in [-0.39, 0.29) is 22.0 Å². The molecule has 0 bridgehead atoms. The largest absolute Gasteiger partial charge is 0.483 e. The van der Waals surface area contributed by atoms with Gasteiger partial charge in [0.25, 0.3) is 5.91 Å². The van der Waals surface area contributed by atoms with Crippen LogP contribution in [0, 0.1) is 5.82 Å². The molecule has 0 aromatic heterocycles. The van der Waals surface area contributed by atoms with Gasteiger partial charge in [-0.2, -0.15) is 0 Å². The lowest BCUT2D eigenvalue weighted by molar-refractivity contribution is -0.118. The van der Waals surface area contributed by atoms with Crippen molar-refractivity contribution in [2.75, 3.05) is 11.9 Å². The highest BCUT2D eigenvalue weighted by Gasteiger charge is 2.14. The van der Waals surface area contributed by atoms with Gasteiger partial charge in [-0.15, -0.1) is 0 Å². The van der Waals surface area contributed by atoms with Crippen molar-refractivity contribution in [2.45, 2.75) is 0 Å². The van der Waals surface area contributed by atoms with Crippen LogP contribution < -0.4 is 10.1 Å². The quantitative estimate of drug-likeness (QED) is 0.886. The number of hydrogen-bond donors (Lipinski definition) is 2. The number of benzene rings is 2. The molecule has 2 rings (SSSR count). The van der Waals surface area contributed by atoms with Crippen LogP contribution in [-0.4, -0.2) is 23.6 Å². The van der Waals surface area contributed by atoms with Gasteiger partial charge in [-0.05, 0) is 30.3 Å². The number of hydrogen-bond acceptors (Lipinski definition) is 3. The van der Waals surface area contributed by atoms with Gasteiger partial charge in [0.15, 0.2) is 6.61 Å². The molecule has 0 saturated heterocycles. The molecule has 0 radical (unpaired) electrons. The van der Waals surface area contributed by atoms with E-state index < -0.39 is 24.3 Å². The van der Waals surface area contributed by atoms with Crippen LogP contribution in [0.25, 0.3) is 0 Å². The van der Waals surface area contributed by atoms with E-state index in [0.29, 0.717) is 0 Å². The molecule has 0 aliphatic carbocycles. The second-order valence-electron chi connectivity index (χ2n) is 4.26. The summed E-state index contributed by atoms with van der Waals surface area (Å²) in [6.45, 7) is -0.477. The van der Waals surface area contributed by atoms with Crippen LogP contribution in [0.3, 0.4) is 0 Å². The Kier molecular flexibility index (Phi) is 4.95. The molecule has 114 valence electrons. The first-order chi connectivity index (χ1) is 10.5. The highest BCUT2D eigenvalue weighted by atomic mass is 35.5. The number of aromatic carboxylic acids is 1. The standard InChI is InChI=1S/C15H11ClFNO4/c16-9-5-6-10(15(20)21)13(7-9)22-8-14(19)18-12-4-2-1-3-11(12)17/h1-7H,8H2,(H,18,19)(H,20,21). The third kappa shape index (κ3) is 3.95. The third-order valence-corrected chi connectivity index (χ3v) is 2.92. The van der Waals surface area contributed by atoms with E-state index in [0.717, 1.165) is 0 Å². The highest BCUT2D eigenvalue weighted by molar-refractivity contribution is 6.30. The molecular formula is C15H11ClFNO4. The Morgan fingerprint density at radius 2 is 1.95 bits per heavy atom. The summed E-state index contributed by atoms with van der Waals surface area (Å²) in [5.74, 6) is -2.45. The normalized spacial score (nSPS) is 10.1. The first-order valence-electron chi connectivity index (χ1n) is 6.17. The molecule has 0 aliphatic rings. The first kappa shape index (κ1) is 15.8. The molecule has 0 unspecified atom stereocenters. The maximum Gasteiger partial charge on any atom is 0.339 e. The number of carbonyl (C=O) groups is 2. The second kappa shape index (κ2) is 6.91. The number of para-hydroxylation sites is 1. The fourth-order valence-electron chi connectivity index (χ4n) is 1.68. The first-order valence-corrected chi connectivity index (χ1v) is 6.55. The van der Waals surface area contributed by atoms with Crippen LogP contribution in [0.4, 0.5) is 10.1 Å². The van der Waals surface area contributed by atoms with Crippen molar-refractivity contribution in [3.63, 3.8) is 0 Å². The van der Waals surface area contributed by atoms with Crippen LogP contribution in [0.5, 0.6) is 5.75 Å². The van der Waals surface area contributed by atoms with Crippen LogP contribution in [0.15, 0.2) is 42.5 Å². The monoisotopic (exact) mass is 323 g/mol. The third-order valence-electron chi connectivity index (χ3n) is 2.68. The summed E-state index contributed by atoms with van der Waals surface area (Å²) in [4.78, 5) is 22.8. The molecule has 0 fully saturated rings. The average molecular weight is 324 g/mol. The zero-order valence-electron chi connectivity index (χ0n) is 11.2. The molecule has 0 aliphatic heterocycles. The Hall–Kier alpha value is -2.60. The predicted molar refractivity (Wildman–Crippen MR) is 78.9 cm³/mol. The minimum Gasteiger partial charge on any atom is -0.483 e. The molecular weight excluding hydrogens is 313 g/mol. The van der Waals surface area contributed by atoms with Gasteiger partial charge in [0.05, 0.1) is 5.69 Å². The maximum absolute atomic E-state index is 13.4. The number of carbonyl (C=O) groups excluding carboxylic acids is 1. The number of nitrogens with one attached hydrogen (secondary N) is 1. The molecule has 0 atom stereocenters. The zero-order valence-corrected chi connectivity index (χ0v) is 11.9. The van der Waals surface area contributed by atoms with E-state index in [1.807, 2.05) is 0 Å². The summed E-state index contributed by atoms with van der Waals surface area (Å²) in [5, 5.41) is 11.6. The lowest BCUT2D eigenvalue weighted by Crippen LogP contribution is -2.21. The van der Waals surface area contributed by atoms with Crippen molar-refractivity contribution in [2.24, 2.45) is 0 Å². The lowest BCUT2D eigenvalue weighted by atomic mass is 10.2. The topological polar surface area (TPSA) is 75.6 Å². The fourth-order valence-corrected chi connectivity index (χ4v) is 1.85. The van der Waals surface area contributed by atoms with Gasteiger partial charge in [0.2, 0.25) is 0 Å². The number of carboxylic acids is 1. The molecule has 2 aromatic carbocycles. The van der Waals surface area contributed by atoms with Crippen molar-refractivity contribution < 1.29 is 23.8 Å². The molecule has 0 heterocycles. The van der Waals surface area contributed by atoms with E-state index in [1.54, 1.807) is 6.07 Å². The van der Waals surface area contributed by atoms with Gasteiger partial charge in [-0.1, -0.05) is 23.7 Å². The number of anilines is 1. The molecule has 5 nitrogen and oxygen atoms in total. The van der Waals surface area contributed by atoms with Crippen molar-refractivity contribution in [1.29, 1.82) is 0 Å². The van der Waals surface area contributed by atoms with E-state index in [1.165, 1.54) is 36.4 Å². The van der Waals surface area contributed by atoms with Gasteiger partial charge in [0.1, 0.15) is 17.1 Å². The van der Waals surface area contributed by atoms with Crippen molar-refractivity contribution in [1.82, 2.24) is 0 Å². The Morgan fingerprint density at radius 3 is 2.64 bits per heavy atom. The Morgan fingerprint density at radius 1 is 1.23 bits per heavy atom. The molecule has 1 amide bonds. The van der Waals surface area contributed by atoms with E-state index >= 15 is 0 Å². The van der Waals surface area contributed by atoms with Crippen molar-refractivity contribution in [3.05, 3.63) is 58.9 Å². The van der Waals surface area contributed by atoms with Gasteiger partial charge in [-0.3, -0.25) is 4.79 Å². The summed E-state index contributed by atoms with van der Waals surface area (Å²) in [6, 6.07) is 9.63. The van der Waals surface area contributed by atoms with E-state index in [9.17, 15) is 14.0 Å². The van der Waals surface area contributed by atoms with Crippen LogP contribution >= 0.6 is 11.6 Å². The molecule has 0 saturated carbocycles. The lowest BCUT2D eigenvalue weighted by Gasteiger charge is -2.10. The molecule has 22 heavy (non-hydrogen) atoms. The Balaban J connectivity index is 2.04. The smallest absolute Gasteiger partial charge is 0.339 e. The molecule has 2 N–H and O–H groups in total. The van der Waals surface area contributed by atoms with Gasteiger partial charge in [0, 0.05) is 5.02 Å². The molecule has 2 aromatic rings. The number of halogens is 2. The number of rotatable bonds is 5. The van der Waals surface area contributed by atoms with Crippen molar-refractivity contribution in [3.8, 4) is 5.75 Å². The maximum atomic E-state index is 13.4. The van der Waals surface area contributed by atoms with Gasteiger partial charge in [-0.25, -0.2) is 9.18 Å². The zero-order chi connectivity index (χ0) is 16.1. The highest BCUT2D eigenvalue weighted by Crippen LogP contribution is 2.23. The Labute approximate surface area is 130 Å². The van der Waals surface area contributed by atoms with Gasteiger partial charge >= 0.3 is 5.97 Å². The number of ether oxygens (including phenoxy) is 1. The summed E-state index contributed by atoms with van der Waals surface area (Å²) in [6.07, 6.45) is 0. The summed E-state index contributed by atoms with van der Waals surface area (Å²) < 4.78 is 18.5. The van der Waals surface area contributed by atoms with Crippen LogP contribution in [0.1, 0.15) is 10.4 Å². The molecule has 0 spiro atoms. The van der Waals surface area contributed by atoms with Crippen LogP contribution in [-0.2, 0) is 4.79 Å². The van der Waals surface area contributed by atoms with Gasteiger partial charge < -0.3 is 15.2 Å². The minimum atomic E-state index is -1.21. The summed E-state index contributed by atoms with van der Waals surface area (Å²) in [5.41, 5.74) is -0.108. The average Bonchev–Trinajstić information content (AvgIpc) is 2.47. The number of amides is 1. The van der Waals surface area contributed by atoms with E-state index in [4.69, 9.17) is 21.4 Å².